The summed E-state index contributed by atoms with van der Waals surface area (Å²) >= 11 is 0. The summed E-state index contributed by atoms with van der Waals surface area (Å²) in [5.41, 5.74) is 0.544. The van der Waals surface area contributed by atoms with E-state index in [9.17, 15) is 10.0 Å². The number of anilines is 1. The van der Waals surface area contributed by atoms with E-state index in [1.54, 1.807) is 0 Å². The molecule has 5 nitrogen and oxygen atoms in total. The topological polar surface area (TPSA) is 72.8 Å². The number of carbonyl (C=O) groups excluding carboxylic acids is 1. The van der Waals surface area contributed by atoms with E-state index in [0.717, 1.165) is 12.8 Å². The first kappa shape index (κ1) is 16.8. The van der Waals surface area contributed by atoms with E-state index in [2.05, 4.69) is 27.7 Å². The van der Waals surface area contributed by atoms with Crippen molar-refractivity contribution in [3.05, 3.63) is 35.0 Å². The van der Waals surface area contributed by atoms with Crippen LogP contribution in [0, 0.1) is 22.0 Å². The summed E-state index contributed by atoms with van der Waals surface area (Å²) in [6.45, 7) is 9.27. The van der Waals surface area contributed by atoms with Crippen LogP contribution in [-0.2, 0) is 4.74 Å². The molecule has 0 aromatic heterocycles. The quantitative estimate of drug-likeness (QED) is 0.672. The fraction of sp³-hybridized carbons (Fsp3) is 0.588. The van der Waals surface area contributed by atoms with E-state index in [0.29, 0.717) is 18.1 Å². The smallest absolute Gasteiger partial charge is 0.338 e. The standard InChI is InChI=1S/C17H24NO4/c1-12-9-10-17(4,16(12,2)3)11-22-15(19)13-5-7-14(8-6-13)18(20)21/h5-8,12,20H,9-11H2,1-4H3/q-1/t12-,17-/m0/s1. The van der Waals surface area contributed by atoms with Crippen LogP contribution in [0.25, 0.3) is 0 Å². The van der Waals surface area contributed by atoms with Crippen molar-refractivity contribution < 1.29 is 14.7 Å². The summed E-state index contributed by atoms with van der Waals surface area (Å²) in [5.74, 6) is 0.196. The lowest BCUT2D eigenvalue weighted by atomic mass is 9.66. The Morgan fingerprint density at radius 1 is 1.36 bits per heavy atom. The van der Waals surface area contributed by atoms with Gasteiger partial charge in [0, 0.05) is 5.41 Å². The molecule has 1 aliphatic carbocycles. The molecular weight excluding hydrogens is 282 g/mol. The molecule has 0 spiro atoms. The van der Waals surface area contributed by atoms with Gasteiger partial charge in [-0.3, -0.25) is 5.21 Å². The molecular formula is C17H24NO4-. The fourth-order valence-corrected chi connectivity index (χ4v) is 3.10. The summed E-state index contributed by atoms with van der Waals surface area (Å²) in [6.07, 6.45) is 2.19. The minimum absolute atomic E-state index is 0.0288. The van der Waals surface area contributed by atoms with Crippen molar-refractivity contribution in [3.63, 3.8) is 0 Å². The summed E-state index contributed by atoms with van der Waals surface area (Å²) in [4.78, 5) is 12.1. The van der Waals surface area contributed by atoms with Gasteiger partial charge in [0.15, 0.2) is 0 Å². The fourth-order valence-electron chi connectivity index (χ4n) is 3.10. The normalized spacial score (nSPS) is 26.7. The van der Waals surface area contributed by atoms with Crippen molar-refractivity contribution in [1.82, 2.24) is 0 Å². The molecule has 1 aliphatic rings. The zero-order chi connectivity index (χ0) is 16.5. The lowest BCUT2D eigenvalue weighted by Gasteiger charge is -2.40. The van der Waals surface area contributed by atoms with Crippen LogP contribution >= 0.6 is 0 Å². The molecule has 0 saturated heterocycles. The molecule has 1 aromatic rings. The minimum atomic E-state index is -0.404. The predicted molar refractivity (Wildman–Crippen MR) is 84.6 cm³/mol. The van der Waals surface area contributed by atoms with Crippen LogP contribution in [0.2, 0.25) is 0 Å². The van der Waals surface area contributed by atoms with Crippen LogP contribution in [0.15, 0.2) is 24.3 Å². The van der Waals surface area contributed by atoms with E-state index in [1.807, 2.05) is 0 Å². The van der Waals surface area contributed by atoms with Crippen LogP contribution in [-0.4, -0.2) is 17.8 Å². The molecule has 122 valence electrons. The van der Waals surface area contributed by atoms with Gasteiger partial charge in [-0.15, -0.1) is 0 Å². The zero-order valence-corrected chi connectivity index (χ0v) is 13.6. The second-order valence-corrected chi connectivity index (χ2v) is 7.12. The lowest BCUT2D eigenvalue weighted by molar-refractivity contribution is -0.00350. The van der Waals surface area contributed by atoms with Crippen LogP contribution in [0.4, 0.5) is 5.69 Å². The Morgan fingerprint density at radius 2 is 1.95 bits per heavy atom. The largest absolute Gasteiger partial charge is 0.733 e. The van der Waals surface area contributed by atoms with Gasteiger partial charge in [-0.25, -0.2) is 4.79 Å². The molecule has 1 saturated carbocycles. The molecule has 0 radical (unpaired) electrons. The number of esters is 1. The van der Waals surface area contributed by atoms with Gasteiger partial charge < -0.3 is 15.2 Å². The van der Waals surface area contributed by atoms with Gasteiger partial charge in [0.1, 0.15) is 0 Å². The molecule has 2 rings (SSSR count). The maximum absolute atomic E-state index is 12.1. The van der Waals surface area contributed by atoms with Crippen molar-refractivity contribution in [2.75, 3.05) is 11.8 Å². The Kier molecular flexibility index (Phi) is 4.49. The summed E-state index contributed by atoms with van der Waals surface area (Å²) in [5, 5.41) is 19.3. The van der Waals surface area contributed by atoms with Gasteiger partial charge in [0.2, 0.25) is 0 Å². The molecule has 1 fully saturated rings. The molecule has 0 heterocycles. The van der Waals surface area contributed by atoms with E-state index in [1.165, 1.54) is 24.3 Å². The molecule has 5 heteroatoms. The van der Waals surface area contributed by atoms with Gasteiger partial charge in [-0.1, -0.05) is 27.7 Å². The first-order valence-electron chi connectivity index (χ1n) is 7.61. The van der Waals surface area contributed by atoms with Crippen molar-refractivity contribution in [2.24, 2.45) is 16.7 Å². The summed E-state index contributed by atoms with van der Waals surface area (Å²) < 4.78 is 5.51. The molecule has 0 aliphatic heterocycles. The van der Waals surface area contributed by atoms with E-state index in [4.69, 9.17) is 9.94 Å². The molecule has 2 atom stereocenters. The summed E-state index contributed by atoms with van der Waals surface area (Å²) in [7, 11) is 0. The molecule has 0 amide bonds. The third kappa shape index (κ3) is 2.96. The third-order valence-corrected chi connectivity index (χ3v) is 5.76. The Bertz CT molecular complexity index is 538. The average Bonchev–Trinajstić information content (AvgIpc) is 2.69. The van der Waals surface area contributed by atoms with E-state index < -0.39 is 5.97 Å². The van der Waals surface area contributed by atoms with Crippen LogP contribution in [0.3, 0.4) is 0 Å². The number of hydrogen-bond acceptors (Lipinski definition) is 5. The monoisotopic (exact) mass is 306 g/mol. The predicted octanol–water partition coefficient (Wildman–Crippen LogP) is 4.00. The van der Waals surface area contributed by atoms with Gasteiger partial charge in [-0.2, -0.15) is 0 Å². The second-order valence-electron chi connectivity index (χ2n) is 7.12. The highest BCUT2D eigenvalue weighted by Crippen LogP contribution is 2.55. The highest BCUT2D eigenvalue weighted by atomic mass is 16.8. The first-order chi connectivity index (χ1) is 10.2. The molecule has 0 unspecified atom stereocenters. The van der Waals surface area contributed by atoms with Crippen molar-refractivity contribution in [1.29, 1.82) is 0 Å². The number of ether oxygens (including phenoxy) is 1. The number of hydrogen-bond donors (Lipinski definition) is 1. The Labute approximate surface area is 131 Å². The van der Waals surface area contributed by atoms with Crippen molar-refractivity contribution in [2.45, 2.75) is 40.5 Å². The first-order valence-corrected chi connectivity index (χ1v) is 7.61. The molecule has 0 bridgehead atoms. The zero-order valence-electron chi connectivity index (χ0n) is 13.6. The molecule has 1 aromatic carbocycles. The van der Waals surface area contributed by atoms with Crippen LogP contribution in [0.1, 0.15) is 50.9 Å². The van der Waals surface area contributed by atoms with Gasteiger partial charge in [0.25, 0.3) is 0 Å². The second kappa shape index (κ2) is 5.89. The molecule has 1 N–H and O–H groups in total. The van der Waals surface area contributed by atoms with Crippen molar-refractivity contribution in [3.8, 4) is 0 Å². The van der Waals surface area contributed by atoms with Gasteiger partial charge in [0.05, 0.1) is 17.9 Å². The highest BCUT2D eigenvalue weighted by molar-refractivity contribution is 5.89. The van der Waals surface area contributed by atoms with Gasteiger partial charge >= 0.3 is 5.97 Å². The SMILES string of the molecule is C[C@H]1CC[C@@](C)(COC(=O)c2ccc(N([O-])O)cc2)C1(C)C. The summed E-state index contributed by atoms with van der Waals surface area (Å²) in [6, 6.07) is 5.72. The Morgan fingerprint density at radius 3 is 2.41 bits per heavy atom. The molecule has 22 heavy (non-hydrogen) atoms. The Balaban J connectivity index is 2.01. The van der Waals surface area contributed by atoms with Gasteiger partial charge in [-0.05, 0) is 48.4 Å². The Hall–Kier alpha value is -1.59. The number of rotatable bonds is 4. The van der Waals surface area contributed by atoms with E-state index >= 15 is 0 Å². The number of carbonyl (C=O) groups is 1. The van der Waals surface area contributed by atoms with E-state index in [-0.39, 0.29) is 21.7 Å². The van der Waals surface area contributed by atoms with Crippen molar-refractivity contribution >= 4 is 11.7 Å². The van der Waals surface area contributed by atoms with Crippen LogP contribution in [0.5, 0.6) is 0 Å². The number of benzene rings is 1. The minimum Gasteiger partial charge on any atom is -0.733 e. The average molecular weight is 306 g/mol. The number of nitrogens with zero attached hydrogens (tertiary/aromatic N) is 1. The third-order valence-electron chi connectivity index (χ3n) is 5.76. The highest BCUT2D eigenvalue weighted by Gasteiger charge is 2.50. The van der Waals surface area contributed by atoms with Crippen LogP contribution < -0.4 is 5.23 Å². The maximum atomic E-state index is 12.1. The lowest BCUT2D eigenvalue weighted by Crippen LogP contribution is -2.37. The maximum Gasteiger partial charge on any atom is 0.338 e.